The largest absolute Gasteiger partial charge is 0.481 e. The Kier molecular flexibility index (Phi) is 4.01. The van der Waals surface area contributed by atoms with E-state index in [1.165, 1.54) is 16.2 Å². The fraction of sp³-hybridized carbons (Fsp3) is 0.538. The summed E-state index contributed by atoms with van der Waals surface area (Å²) in [6.45, 7) is 3.07. The van der Waals surface area contributed by atoms with Crippen LogP contribution in [0.5, 0.6) is 0 Å². The van der Waals surface area contributed by atoms with Gasteiger partial charge in [-0.15, -0.1) is 11.3 Å². The van der Waals surface area contributed by atoms with Crippen molar-refractivity contribution in [3.05, 3.63) is 21.9 Å². The Hall–Kier alpha value is -1.36. The van der Waals surface area contributed by atoms with E-state index >= 15 is 0 Å². The lowest BCUT2D eigenvalue weighted by Crippen LogP contribution is -2.42. The minimum Gasteiger partial charge on any atom is -0.481 e. The lowest BCUT2D eigenvalue weighted by Gasteiger charge is -2.30. The topological polar surface area (TPSA) is 57.6 Å². The molecule has 2 rings (SSSR count). The molecule has 1 atom stereocenters. The second-order valence-corrected chi connectivity index (χ2v) is 5.72. The number of amides is 1. The van der Waals surface area contributed by atoms with Crippen molar-refractivity contribution < 1.29 is 14.7 Å². The minimum absolute atomic E-state index is 0.0225. The monoisotopic (exact) mass is 267 g/mol. The summed E-state index contributed by atoms with van der Waals surface area (Å²) in [6, 6.07) is 3.81. The van der Waals surface area contributed by atoms with E-state index < -0.39 is 11.9 Å². The summed E-state index contributed by atoms with van der Waals surface area (Å²) < 4.78 is 0. The van der Waals surface area contributed by atoms with Crippen molar-refractivity contribution in [1.29, 1.82) is 0 Å². The molecular formula is C13H17NO3S. The molecule has 18 heavy (non-hydrogen) atoms. The minimum atomic E-state index is -0.798. The first-order valence-electron chi connectivity index (χ1n) is 6.22. The standard InChI is InChI=1S/C13H17NO3S/c1-2-10-5-6-11(18-10)12(15)14-7-3-4-9(8-14)13(16)17/h5-6,9H,2-4,7-8H2,1H3,(H,16,17)/t9-/m1/s1. The van der Waals surface area contributed by atoms with Crippen LogP contribution in [0.25, 0.3) is 0 Å². The molecular weight excluding hydrogens is 250 g/mol. The van der Waals surface area contributed by atoms with Gasteiger partial charge in [-0.05, 0) is 31.4 Å². The van der Waals surface area contributed by atoms with Crippen LogP contribution in [0.4, 0.5) is 0 Å². The molecule has 98 valence electrons. The zero-order valence-corrected chi connectivity index (χ0v) is 11.2. The Bertz CT molecular complexity index is 455. The maximum atomic E-state index is 12.2. The first-order chi connectivity index (χ1) is 8.61. The summed E-state index contributed by atoms with van der Waals surface area (Å²) in [6.07, 6.45) is 2.37. The van der Waals surface area contributed by atoms with E-state index in [0.717, 1.165) is 17.7 Å². The summed E-state index contributed by atoms with van der Waals surface area (Å²) in [5.74, 6) is -1.23. The Morgan fingerprint density at radius 3 is 2.89 bits per heavy atom. The first kappa shape index (κ1) is 13.1. The molecule has 0 radical (unpaired) electrons. The van der Waals surface area contributed by atoms with Crippen molar-refractivity contribution in [2.24, 2.45) is 5.92 Å². The highest BCUT2D eigenvalue weighted by molar-refractivity contribution is 7.14. The number of rotatable bonds is 3. The summed E-state index contributed by atoms with van der Waals surface area (Å²) in [5, 5.41) is 9.02. The van der Waals surface area contributed by atoms with E-state index in [-0.39, 0.29) is 5.91 Å². The molecule has 1 aromatic rings. The number of nitrogens with zero attached hydrogens (tertiary/aromatic N) is 1. The van der Waals surface area contributed by atoms with Crippen LogP contribution in [-0.4, -0.2) is 35.0 Å². The van der Waals surface area contributed by atoms with Gasteiger partial charge in [0.25, 0.3) is 5.91 Å². The molecule has 1 aromatic heterocycles. The highest BCUT2D eigenvalue weighted by Crippen LogP contribution is 2.23. The van der Waals surface area contributed by atoms with Gasteiger partial charge in [0, 0.05) is 18.0 Å². The second kappa shape index (κ2) is 5.52. The average molecular weight is 267 g/mol. The maximum absolute atomic E-state index is 12.2. The van der Waals surface area contributed by atoms with Gasteiger partial charge >= 0.3 is 5.97 Å². The van der Waals surface area contributed by atoms with Crippen molar-refractivity contribution in [2.45, 2.75) is 26.2 Å². The lowest BCUT2D eigenvalue weighted by molar-refractivity contribution is -0.143. The molecule has 0 bridgehead atoms. The second-order valence-electron chi connectivity index (χ2n) is 4.55. The molecule has 0 aromatic carbocycles. The van der Waals surface area contributed by atoms with Crippen molar-refractivity contribution in [3.63, 3.8) is 0 Å². The molecule has 1 aliphatic rings. The molecule has 2 heterocycles. The number of likely N-dealkylation sites (tertiary alicyclic amines) is 1. The number of aryl methyl sites for hydroxylation is 1. The normalized spacial score (nSPS) is 19.8. The number of carboxylic acid groups (broad SMARTS) is 1. The summed E-state index contributed by atoms with van der Waals surface area (Å²) in [5.41, 5.74) is 0. The van der Waals surface area contributed by atoms with Gasteiger partial charge in [0.1, 0.15) is 0 Å². The molecule has 0 spiro atoms. The Balaban J connectivity index is 2.06. The van der Waals surface area contributed by atoms with E-state index in [0.29, 0.717) is 19.5 Å². The van der Waals surface area contributed by atoms with Gasteiger partial charge in [-0.3, -0.25) is 9.59 Å². The molecule has 0 aliphatic carbocycles. The van der Waals surface area contributed by atoms with E-state index in [1.807, 2.05) is 12.1 Å². The number of carboxylic acids is 1. The van der Waals surface area contributed by atoms with Gasteiger partial charge in [-0.25, -0.2) is 0 Å². The highest BCUT2D eigenvalue weighted by Gasteiger charge is 2.29. The number of thiophene rings is 1. The van der Waals surface area contributed by atoms with Gasteiger partial charge in [0.15, 0.2) is 0 Å². The zero-order valence-electron chi connectivity index (χ0n) is 10.4. The number of carbonyl (C=O) groups is 2. The van der Waals surface area contributed by atoms with Crippen LogP contribution in [0.15, 0.2) is 12.1 Å². The molecule has 1 N–H and O–H groups in total. The summed E-state index contributed by atoms with van der Waals surface area (Å²) in [7, 11) is 0. The highest BCUT2D eigenvalue weighted by atomic mass is 32.1. The Morgan fingerprint density at radius 1 is 1.50 bits per heavy atom. The third kappa shape index (κ3) is 2.72. The quantitative estimate of drug-likeness (QED) is 0.913. The molecule has 1 saturated heterocycles. The summed E-state index contributed by atoms with van der Waals surface area (Å²) in [4.78, 5) is 26.8. The van der Waals surface area contributed by atoms with Gasteiger partial charge in [-0.1, -0.05) is 6.92 Å². The fourth-order valence-corrected chi connectivity index (χ4v) is 3.12. The number of piperidine rings is 1. The van der Waals surface area contributed by atoms with Crippen LogP contribution < -0.4 is 0 Å². The third-order valence-corrected chi connectivity index (χ3v) is 4.50. The van der Waals surface area contributed by atoms with Gasteiger partial charge in [0.05, 0.1) is 10.8 Å². The summed E-state index contributed by atoms with van der Waals surface area (Å²) >= 11 is 1.51. The number of carbonyl (C=O) groups excluding carboxylic acids is 1. The average Bonchev–Trinajstić information content (AvgIpc) is 2.86. The van der Waals surface area contributed by atoms with Crippen LogP contribution in [0, 0.1) is 5.92 Å². The van der Waals surface area contributed by atoms with Crippen LogP contribution in [0.1, 0.15) is 34.3 Å². The van der Waals surface area contributed by atoms with E-state index in [4.69, 9.17) is 5.11 Å². The number of hydrogen-bond acceptors (Lipinski definition) is 3. The molecule has 1 aliphatic heterocycles. The molecule has 4 nitrogen and oxygen atoms in total. The van der Waals surface area contributed by atoms with Gasteiger partial charge < -0.3 is 10.0 Å². The van der Waals surface area contributed by atoms with Crippen LogP contribution in [0.2, 0.25) is 0 Å². The third-order valence-electron chi connectivity index (χ3n) is 3.28. The van der Waals surface area contributed by atoms with Gasteiger partial charge in [0.2, 0.25) is 0 Å². The smallest absolute Gasteiger partial charge is 0.308 e. The Labute approximate surface area is 110 Å². The van der Waals surface area contributed by atoms with Gasteiger partial charge in [-0.2, -0.15) is 0 Å². The maximum Gasteiger partial charge on any atom is 0.308 e. The first-order valence-corrected chi connectivity index (χ1v) is 7.04. The zero-order chi connectivity index (χ0) is 13.1. The van der Waals surface area contributed by atoms with Crippen LogP contribution >= 0.6 is 11.3 Å². The van der Waals surface area contributed by atoms with Crippen LogP contribution in [-0.2, 0) is 11.2 Å². The molecule has 1 amide bonds. The molecule has 1 fully saturated rings. The molecule has 5 heteroatoms. The van der Waals surface area contributed by atoms with Crippen molar-refractivity contribution in [3.8, 4) is 0 Å². The SMILES string of the molecule is CCc1ccc(C(=O)N2CCC[C@@H](C(=O)O)C2)s1. The van der Waals surface area contributed by atoms with Crippen molar-refractivity contribution in [2.75, 3.05) is 13.1 Å². The van der Waals surface area contributed by atoms with E-state index in [9.17, 15) is 9.59 Å². The Morgan fingerprint density at radius 2 is 2.28 bits per heavy atom. The fourth-order valence-electron chi connectivity index (χ4n) is 2.20. The van der Waals surface area contributed by atoms with E-state index in [2.05, 4.69) is 6.92 Å². The predicted molar refractivity (Wildman–Crippen MR) is 70.0 cm³/mol. The van der Waals surface area contributed by atoms with Crippen molar-refractivity contribution >= 4 is 23.2 Å². The number of hydrogen-bond donors (Lipinski definition) is 1. The number of aliphatic carboxylic acids is 1. The van der Waals surface area contributed by atoms with Crippen LogP contribution in [0.3, 0.4) is 0 Å². The molecule has 0 unspecified atom stereocenters. The predicted octanol–water partition coefficient (Wildman–Crippen LogP) is 2.25. The lowest BCUT2D eigenvalue weighted by atomic mass is 9.98. The van der Waals surface area contributed by atoms with E-state index in [1.54, 1.807) is 4.90 Å². The van der Waals surface area contributed by atoms with Crippen molar-refractivity contribution in [1.82, 2.24) is 4.90 Å². The molecule has 0 saturated carbocycles.